The third-order valence-corrected chi connectivity index (χ3v) is 6.48. The van der Waals surface area contributed by atoms with Crippen LogP contribution in [0.2, 0.25) is 5.02 Å². The monoisotopic (exact) mass is 349 g/mol. The van der Waals surface area contributed by atoms with Crippen molar-refractivity contribution < 1.29 is 8.42 Å². The lowest BCUT2D eigenvalue weighted by molar-refractivity contribution is 0.329. The molecule has 2 aromatic carbocycles. The van der Waals surface area contributed by atoms with Crippen molar-refractivity contribution in [2.24, 2.45) is 0 Å². The smallest absolute Gasteiger partial charge is 0.207 e. The van der Waals surface area contributed by atoms with Gasteiger partial charge in [0.15, 0.2) is 0 Å². The first-order valence-corrected chi connectivity index (χ1v) is 9.73. The van der Waals surface area contributed by atoms with E-state index in [1.165, 1.54) is 0 Å². The van der Waals surface area contributed by atoms with Crippen molar-refractivity contribution in [1.82, 2.24) is 4.31 Å². The molecule has 0 aromatic heterocycles. The van der Waals surface area contributed by atoms with Crippen molar-refractivity contribution in [2.75, 3.05) is 6.54 Å². The fourth-order valence-corrected chi connectivity index (χ4v) is 4.94. The highest BCUT2D eigenvalue weighted by Gasteiger charge is 2.33. The molecule has 0 saturated carbocycles. The minimum absolute atomic E-state index is 0.125. The summed E-state index contributed by atoms with van der Waals surface area (Å²) in [6.07, 6.45) is 3.84. The van der Waals surface area contributed by atoms with Crippen LogP contribution in [-0.4, -0.2) is 19.3 Å². The second-order valence-corrected chi connectivity index (χ2v) is 8.17. The number of hydrogen-bond acceptors (Lipinski definition) is 2. The van der Waals surface area contributed by atoms with Gasteiger partial charge >= 0.3 is 0 Å². The van der Waals surface area contributed by atoms with Crippen molar-refractivity contribution in [2.45, 2.75) is 36.6 Å². The summed E-state index contributed by atoms with van der Waals surface area (Å²) in [5.74, 6) is 0. The summed E-state index contributed by atoms with van der Waals surface area (Å²) >= 11 is 5.97. The Morgan fingerprint density at radius 2 is 1.61 bits per heavy atom. The Hall–Kier alpha value is -1.36. The lowest BCUT2D eigenvalue weighted by atomic mass is 10.0. The summed E-state index contributed by atoms with van der Waals surface area (Å²) in [5, 5.41) is 0.667. The molecule has 1 saturated heterocycles. The van der Waals surface area contributed by atoms with Gasteiger partial charge in [-0.1, -0.05) is 54.8 Å². The average molecular weight is 350 g/mol. The SMILES string of the molecule is O=S(=O)(c1ccccc1)N1CCCCC[C@@H]1c1ccc(Cl)cc1. The highest BCUT2D eigenvalue weighted by atomic mass is 35.5. The van der Waals surface area contributed by atoms with Crippen molar-refractivity contribution in [3.05, 3.63) is 65.2 Å². The van der Waals surface area contributed by atoms with Crippen molar-refractivity contribution in [3.8, 4) is 0 Å². The van der Waals surface area contributed by atoms with Gasteiger partial charge in [-0.25, -0.2) is 8.42 Å². The van der Waals surface area contributed by atoms with Gasteiger partial charge in [0.2, 0.25) is 10.0 Å². The molecular formula is C18H20ClNO2S. The Bertz CT molecular complexity index is 744. The highest BCUT2D eigenvalue weighted by Crippen LogP contribution is 2.35. The number of benzene rings is 2. The molecule has 0 amide bonds. The van der Waals surface area contributed by atoms with E-state index in [0.29, 0.717) is 16.5 Å². The Balaban J connectivity index is 2.01. The van der Waals surface area contributed by atoms with E-state index < -0.39 is 10.0 Å². The molecule has 3 nitrogen and oxygen atoms in total. The summed E-state index contributed by atoms with van der Waals surface area (Å²) in [6, 6.07) is 16.1. The molecule has 1 fully saturated rings. The van der Waals surface area contributed by atoms with Crippen LogP contribution in [0.15, 0.2) is 59.5 Å². The topological polar surface area (TPSA) is 37.4 Å². The number of nitrogens with zero attached hydrogens (tertiary/aromatic N) is 1. The lowest BCUT2D eigenvalue weighted by Crippen LogP contribution is -2.34. The van der Waals surface area contributed by atoms with Gasteiger partial charge in [0.05, 0.1) is 10.9 Å². The highest BCUT2D eigenvalue weighted by molar-refractivity contribution is 7.89. The fourth-order valence-electron chi connectivity index (χ4n) is 3.12. The first-order chi connectivity index (χ1) is 11.1. The third-order valence-electron chi connectivity index (χ3n) is 4.31. The van der Waals surface area contributed by atoms with Crippen LogP contribution >= 0.6 is 11.6 Å². The number of hydrogen-bond donors (Lipinski definition) is 0. The molecule has 1 aliphatic heterocycles. The van der Waals surface area contributed by atoms with E-state index >= 15 is 0 Å². The Morgan fingerprint density at radius 1 is 0.913 bits per heavy atom. The Morgan fingerprint density at radius 3 is 2.30 bits per heavy atom. The number of halogens is 1. The summed E-state index contributed by atoms with van der Waals surface area (Å²) in [5.41, 5.74) is 1.01. The van der Waals surface area contributed by atoms with Crippen LogP contribution in [0, 0.1) is 0 Å². The van der Waals surface area contributed by atoms with Crippen molar-refractivity contribution in [3.63, 3.8) is 0 Å². The van der Waals surface area contributed by atoms with Crippen molar-refractivity contribution in [1.29, 1.82) is 0 Å². The summed E-state index contributed by atoms with van der Waals surface area (Å²) in [6.45, 7) is 0.560. The summed E-state index contributed by atoms with van der Waals surface area (Å²) in [7, 11) is -3.49. The van der Waals surface area contributed by atoms with Crippen LogP contribution in [0.4, 0.5) is 0 Å². The predicted molar refractivity (Wildman–Crippen MR) is 93.0 cm³/mol. The second kappa shape index (κ2) is 7.04. The van der Waals surface area contributed by atoms with E-state index in [4.69, 9.17) is 11.6 Å². The van der Waals surface area contributed by atoms with Gasteiger partial charge in [-0.2, -0.15) is 4.31 Å². The van der Waals surface area contributed by atoms with Crippen LogP contribution in [0.5, 0.6) is 0 Å². The van der Waals surface area contributed by atoms with Gasteiger partial charge in [-0.3, -0.25) is 0 Å². The maximum Gasteiger partial charge on any atom is 0.243 e. The molecule has 2 aromatic rings. The quantitative estimate of drug-likeness (QED) is 0.809. The third kappa shape index (κ3) is 3.60. The number of sulfonamides is 1. The Labute approximate surface area is 142 Å². The molecule has 0 unspecified atom stereocenters. The van der Waals surface area contributed by atoms with Crippen LogP contribution in [0.1, 0.15) is 37.3 Å². The van der Waals surface area contributed by atoms with Crippen LogP contribution < -0.4 is 0 Å². The average Bonchev–Trinajstić information content (AvgIpc) is 2.83. The van der Waals surface area contributed by atoms with Gasteiger partial charge in [0.1, 0.15) is 0 Å². The molecule has 5 heteroatoms. The van der Waals surface area contributed by atoms with Gasteiger partial charge in [0.25, 0.3) is 0 Å². The molecule has 0 radical (unpaired) electrons. The maximum atomic E-state index is 13.1. The molecule has 0 aliphatic carbocycles. The molecule has 3 rings (SSSR count). The molecule has 23 heavy (non-hydrogen) atoms. The standard InChI is InChI=1S/C18H20ClNO2S/c19-16-12-10-15(11-13-16)18-9-5-2-6-14-20(18)23(21,22)17-7-3-1-4-8-17/h1,3-4,7-8,10-13,18H,2,5-6,9,14H2/t18-/m1/s1. The molecule has 0 bridgehead atoms. The second-order valence-electron chi connectivity index (χ2n) is 5.85. The van der Waals surface area contributed by atoms with E-state index in [2.05, 4.69) is 0 Å². The van der Waals surface area contributed by atoms with E-state index in [1.54, 1.807) is 28.6 Å². The van der Waals surface area contributed by atoms with Crippen LogP contribution in [-0.2, 0) is 10.0 Å². The normalized spacial score (nSPS) is 20.1. The molecule has 1 heterocycles. The van der Waals surface area contributed by atoms with Crippen LogP contribution in [0.3, 0.4) is 0 Å². The summed E-state index contributed by atoms with van der Waals surface area (Å²) in [4.78, 5) is 0.362. The molecular weight excluding hydrogens is 330 g/mol. The molecule has 0 N–H and O–H groups in total. The zero-order chi connectivity index (χ0) is 16.3. The molecule has 1 atom stereocenters. The zero-order valence-corrected chi connectivity index (χ0v) is 14.4. The van der Waals surface area contributed by atoms with Gasteiger partial charge in [-0.05, 0) is 42.7 Å². The van der Waals surface area contributed by atoms with Crippen molar-refractivity contribution >= 4 is 21.6 Å². The van der Waals surface area contributed by atoms with Gasteiger partial charge < -0.3 is 0 Å². The van der Waals surface area contributed by atoms with Crippen LogP contribution in [0.25, 0.3) is 0 Å². The Kier molecular flexibility index (Phi) is 5.05. The minimum atomic E-state index is -3.49. The van der Waals surface area contributed by atoms with Gasteiger partial charge in [-0.15, -0.1) is 0 Å². The molecule has 1 aliphatic rings. The number of rotatable bonds is 3. The zero-order valence-electron chi connectivity index (χ0n) is 12.9. The minimum Gasteiger partial charge on any atom is -0.207 e. The largest absolute Gasteiger partial charge is 0.243 e. The predicted octanol–water partition coefficient (Wildman–Crippen LogP) is 4.65. The summed E-state index contributed by atoms with van der Waals surface area (Å²) < 4.78 is 27.8. The molecule has 0 spiro atoms. The van der Waals surface area contributed by atoms with E-state index in [1.807, 2.05) is 30.3 Å². The first-order valence-electron chi connectivity index (χ1n) is 7.91. The van der Waals surface area contributed by atoms with E-state index in [0.717, 1.165) is 31.2 Å². The lowest BCUT2D eigenvalue weighted by Gasteiger charge is -2.29. The van der Waals surface area contributed by atoms with E-state index in [9.17, 15) is 8.42 Å². The fraction of sp³-hybridized carbons (Fsp3) is 0.333. The first kappa shape index (κ1) is 16.5. The maximum absolute atomic E-state index is 13.1. The van der Waals surface area contributed by atoms with E-state index in [-0.39, 0.29) is 6.04 Å². The van der Waals surface area contributed by atoms with Gasteiger partial charge in [0, 0.05) is 11.6 Å². The molecule has 122 valence electrons.